The van der Waals surface area contributed by atoms with Crippen molar-refractivity contribution >= 4 is 22.3 Å². The number of aromatic nitrogens is 5. The number of anilines is 2. The van der Waals surface area contributed by atoms with Crippen molar-refractivity contribution in [1.82, 2.24) is 29.9 Å². The first kappa shape index (κ1) is 30.2. The van der Waals surface area contributed by atoms with E-state index in [4.69, 9.17) is 14.7 Å². The number of nitrogens with zero attached hydrogens (tertiary/aromatic N) is 8. The Kier molecular flexibility index (Phi) is 7.63. The summed E-state index contributed by atoms with van der Waals surface area (Å²) in [5.41, 5.74) is 4.27. The number of ether oxygens (including phenoxy) is 1. The van der Waals surface area contributed by atoms with E-state index in [1.807, 2.05) is 11.6 Å². The van der Waals surface area contributed by atoms with E-state index in [2.05, 4.69) is 25.0 Å². The van der Waals surface area contributed by atoms with Gasteiger partial charge >= 0.3 is 6.01 Å². The van der Waals surface area contributed by atoms with Gasteiger partial charge in [0, 0.05) is 55.3 Å². The van der Waals surface area contributed by atoms with Gasteiger partial charge in [0.25, 0.3) is 0 Å². The number of alkyl halides is 1. The largest absolute Gasteiger partial charge is 0.508 e. The molecule has 6 heterocycles. The van der Waals surface area contributed by atoms with Gasteiger partial charge in [-0.15, -0.1) is 5.10 Å². The average molecular weight is 647 g/mol. The Morgan fingerprint density at radius 1 is 1.06 bits per heavy atom. The standard InChI is InChI=1S/C34H40F2N8O3/c1-2-24-26(36)6-5-21-13-23(46)14-29(31(21)24)41-12-7-25-27(17-41)37-33(47-20-34-8-3-10-43(34)16-22(35)15-34)38-32(25)42-9-4-11-44-30(18-42)28(19-45)39-40-44/h5-6,13-14,22,45-46H,2-4,7-12,15-20H2,1H3/t22-,34+/m1/s1. The van der Waals surface area contributed by atoms with Gasteiger partial charge in [0.1, 0.15) is 35.9 Å². The fraction of sp³-hybridized carbons (Fsp3) is 0.529. The number of aromatic hydroxyl groups is 1. The monoisotopic (exact) mass is 646 g/mol. The zero-order valence-corrected chi connectivity index (χ0v) is 26.6. The third-order valence-corrected chi connectivity index (χ3v) is 10.6. The molecule has 2 aromatic carbocycles. The van der Waals surface area contributed by atoms with E-state index < -0.39 is 6.17 Å². The molecule has 2 atom stereocenters. The number of phenols is 1. The van der Waals surface area contributed by atoms with Gasteiger partial charge < -0.3 is 24.7 Å². The van der Waals surface area contributed by atoms with Crippen molar-refractivity contribution in [2.75, 3.05) is 42.6 Å². The summed E-state index contributed by atoms with van der Waals surface area (Å²) in [5.74, 6) is 0.640. The molecule has 0 unspecified atom stereocenters. The minimum absolute atomic E-state index is 0.122. The molecule has 0 aliphatic carbocycles. The zero-order valence-electron chi connectivity index (χ0n) is 26.6. The van der Waals surface area contributed by atoms with Crippen LogP contribution in [0.25, 0.3) is 10.8 Å². The number of hydrogen-bond donors (Lipinski definition) is 2. The minimum Gasteiger partial charge on any atom is -0.508 e. The molecular formula is C34H40F2N8O3. The lowest BCUT2D eigenvalue weighted by atomic mass is 9.95. The van der Waals surface area contributed by atoms with Gasteiger partial charge in [0.2, 0.25) is 0 Å². The van der Waals surface area contributed by atoms with E-state index >= 15 is 4.39 Å². The summed E-state index contributed by atoms with van der Waals surface area (Å²) >= 11 is 0. The molecule has 0 spiro atoms. The Morgan fingerprint density at radius 2 is 1.96 bits per heavy atom. The van der Waals surface area contributed by atoms with Crippen LogP contribution in [-0.4, -0.2) is 84.6 Å². The number of halogens is 2. The van der Waals surface area contributed by atoms with Crippen LogP contribution < -0.4 is 14.5 Å². The first-order valence-corrected chi connectivity index (χ1v) is 16.7. The molecule has 2 N–H and O–H groups in total. The molecule has 4 aliphatic heterocycles. The quantitative estimate of drug-likeness (QED) is 0.305. The van der Waals surface area contributed by atoms with E-state index in [1.54, 1.807) is 18.2 Å². The first-order chi connectivity index (χ1) is 22.9. The second kappa shape index (κ2) is 11.9. The van der Waals surface area contributed by atoms with Gasteiger partial charge in [-0.3, -0.25) is 4.90 Å². The predicted octanol–water partition coefficient (Wildman–Crippen LogP) is 4.05. The molecule has 47 heavy (non-hydrogen) atoms. The van der Waals surface area contributed by atoms with Gasteiger partial charge in [-0.25, -0.2) is 13.5 Å². The molecule has 13 heteroatoms. The van der Waals surface area contributed by atoms with Gasteiger partial charge in [-0.1, -0.05) is 18.2 Å². The summed E-state index contributed by atoms with van der Waals surface area (Å²) < 4.78 is 37.9. The van der Waals surface area contributed by atoms with Crippen LogP contribution in [0.2, 0.25) is 0 Å². The lowest BCUT2D eigenvalue weighted by molar-refractivity contribution is 0.107. The summed E-state index contributed by atoms with van der Waals surface area (Å²) in [6, 6.07) is 6.82. The van der Waals surface area contributed by atoms with Crippen molar-refractivity contribution in [3.05, 3.63) is 58.3 Å². The molecule has 248 valence electrons. The molecule has 0 bridgehead atoms. The Labute approximate surface area is 271 Å². The summed E-state index contributed by atoms with van der Waals surface area (Å²) in [4.78, 5) is 16.6. The number of aryl methyl sites for hydroxylation is 2. The maximum Gasteiger partial charge on any atom is 0.318 e. The molecule has 4 aromatic rings. The third-order valence-electron chi connectivity index (χ3n) is 10.6. The number of rotatable bonds is 7. The van der Waals surface area contributed by atoms with Crippen molar-refractivity contribution < 1.29 is 23.7 Å². The molecular weight excluding hydrogens is 606 g/mol. The van der Waals surface area contributed by atoms with E-state index in [0.717, 1.165) is 71.6 Å². The second-order valence-corrected chi connectivity index (χ2v) is 13.4. The SMILES string of the molecule is CCc1c(F)ccc2cc(O)cc(N3CCc4c(nc(OC[C@@]56CCCN5C[C@H](F)C6)nc4N4CCCn5nnc(CO)c5C4)C3)c12. The zero-order chi connectivity index (χ0) is 32.3. The van der Waals surface area contributed by atoms with Crippen molar-refractivity contribution in [2.24, 2.45) is 0 Å². The molecule has 0 amide bonds. The molecule has 11 nitrogen and oxygen atoms in total. The number of fused-ring (bicyclic) bond motifs is 4. The van der Waals surface area contributed by atoms with E-state index in [0.29, 0.717) is 69.9 Å². The Bertz CT molecular complexity index is 1840. The minimum atomic E-state index is -0.862. The third kappa shape index (κ3) is 5.23. The molecule has 8 rings (SSSR count). The number of phenolic OH excluding ortho intramolecular Hbond substituents is 1. The lowest BCUT2D eigenvalue weighted by Gasteiger charge is -2.35. The van der Waals surface area contributed by atoms with Crippen LogP contribution in [0.4, 0.5) is 20.3 Å². The van der Waals surface area contributed by atoms with Crippen LogP contribution in [0.3, 0.4) is 0 Å². The number of aliphatic hydroxyl groups is 1. The van der Waals surface area contributed by atoms with Crippen molar-refractivity contribution in [3.63, 3.8) is 0 Å². The Morgan fingerprint density at radius 3 is 2.81 bits per heavy atom. The fourth-order valence-corrected chi connectivity index (χ4v) is 8.34. The summed E-state index contributed by atoms with van der Waals surface area (Å²) in [6.07, 6.45) is 3.45. The van der Waals surface area contributed by atoms with Crippen LogP contribution in [0.1, 0.15) is 60.8 Å². The number of benzene rings is 2. The van der Waals surface area contributed by atoms with Gasteiger partial charge in [-0.05, 0) is 61.7 Å². The second-order valence-electron chi connectivity index (χ2n) is 13.4. The van der Waals surface area contributed by atoms with Crippen LogP contribution in [0, 0.1) is 5.82 Å². The number of hydrogen-bond acceptors (Lipinski definition) is 10. The highest BCUT2D eigenvalue weighted by Crippen LogP contribution is 2.42. The topological polar surface area (TPSA) is 116 Å². The molecule has 0 radical (unpaired) electrons. The molecule has 2 aromatic heterocycles. The fourth-order valence-electron chi connectivity index (χ4n) is 8.34. The molecule has 0 saturated carbocycles. The maximum absolute atomic E-state index is 15.0. The summed E-state index contributed by atoms with van der Waals surface area (Å²) in [5, 5.41) is 30.7. The Hall–Kier alpha value is -4.10. The van der Waals surface area contributed by atoms with Crippen molar-refractivity contribution in [2.45, 2.75) is 83.4 Å². The van der Waals surface area contributed by atoms with Crippen molar-refractivity contribution in [3.8, 4) is 11.8 Å². The van der Waals surface area contributed by atoms with Gasteiger partial charge in [0.15, 0.2) is 0 Å². The van der Waals surface area contributed by atoms with Crippen molar-refractivity contribution in [1.29, 1.82) is 0 Å². The molecule has 2 fully saturated rings. The Balaban J connectivity index is 1.18. The first-order valence-electron chi connectivity index (χ1n) is 16.7. The molecule has 4 aliphatic rings. The van der Waals surface area contributed by atoms with E-state index in [-0.39, 0.29) is 29.7 Å². The van der Waals surface area contributed by atoms with Crippen LogP contribution in [0.5, 0.6) is 11.8 Å². The van der Waals surface area contributed by atoms with Crippen LogP contribution in [-0.2, 0) is 39.1 Å². The number of aliphatic hydroxyl groups excluding tert-OH is 1. The normalized spacial score (nSPS) is 22.8. The highest BCUT2D eigenvalue weighted by molar-refractivity contribution is 5.98. The average Bonchev–Trinajstić information content (AvgIpc) is 3.68. The summed E-state index contributed by atoms with van der Waals surface area (Å²) in [7, 11) is 0. The predicted molar refractivity (Wildman–Crippen MR) is 172 cm³/mol. The smallest absolute Gasteiger partial charge is 0.318 e. The highest BCUT2D eigenvalue weighted by atomic mass is 19.1. The highest BCUT2D eigenvalue weighted by Gasteiger charge is 2.49. The summed E-state index contributed by atoms with van der Waals surface area (Å²) in [6.45, 7) is 6.29. The van der Waals surface area contributed by atoms with Crippen LogP contribution in [0.15, 0.2) is 24.3 Å². The lowest BCUT2D eigenvalue weighted by Crippen LogP contribution is -2.43. The van der Waals surface area contributed by atoms with Crippen LogP contribution >= 0.6 is 0 Å². The molecule has 2 saturated heterocycles. The van der Waals surface area contributed by atoms with Gasteiger partial charge in [0.05, 0.1) is 36.6 Å². The van der Waals surface area contributed by atoms with E-state index in [9.17, 15) is 14.6 Å². The van der Waals surface area contributed by atoms with E-state index in [1.165, 1.54) is 6.07 Å². The van der Waals surface area contributed by atoms with Gasteiger partial charge in [-0.2, -0.15) is 9.97 Å². The maximum atomic E-state index is 15.0.